The molecule has 0 unspecified atom stereocenters. The van der Waals surface area contributed by atoms with Gasteiger partial charge in [-0.3, -0.25) is 4.40 Å². The Balaban J connectivity index is 1.66. The third-order valence-corrected chi connectivity index (χ3v) is 3.80. The van der Waals surface area contributed by atoms with Gasteiger partial charge in [-0.15, -0.1) is 11.3 Å². The zero-order valence-electron chi connectivity index (χ0n) is 14.0. The molecular weight excluding hydrogens is 312 g/mol. The van der Waals surface area contributed by atoms with E-state index in [2.05, 4.69) is 20.0 Å². The fourth-order valence-electron chi connectivity index (χ4n) is 2.05. The van der Waals surface area contributed by atoms with E-state index < -0.39 is 11.7 Å². The van der Waals surface area contributed by atoms with Crippen molar-refractivity contribution in [2.45, 2.75) is 39.8 Å². The Kier molecular flexibility index (Phi) is 5.79. The van der Waals surface area contributed by atoms with E-state index in [1.165, 1.54) is 5.69 Å². The Morgan fingerprint density at radius 2 is 2.13 bits per heavy atom. The molecular formula is C16H24N4O2S. The fraction of sp³-hybridized carbons (Fsp3) is 0.500. The topological polar surface area (TPSA) is 67.7 Å². The van der Waals surface area contributed by atoms with E-state index in [4.69, 9.17) is 4.74 Å². The number of hydrogen-bond acceptors (Lipinski definition) is 5. The summed E-state index contributed by atoms with van der Waals surface area (Å²) in [4.78, 5) is 17.0. The second-order valence-electron chi connectivity index (χ2n) is 6.18. The number of aromatic nitrogens is 2. The number of amides is 1. The Morgan fingerprint density at radius 1 is 1.39 bits per heavy atom. The number of thiazole rings is 1. The number of fused-ring (bicyclic) bond motifs is 1. The lowest BCUT2D eigenvalue weighted by molar-refractivity contribution is 0.0534. The highest BCUT2D eigenvalue weighted by atomic mass is 32.1. The molecule has 0 aliphatic heterocycles. The van der Waals surface area contributed by atoms with Crippen LogP contribution in [0.4, 0.5) is 4.79 Å². The van der Waals surface area contributed by atoms with Crippen LogP contribution < -0.4 is 10.6 Å². The standard InChI is InChI=1S/C16H24N4O2S/c1-12-13(20-9-10-23-14(20)19-12)11-17-7-5-6-8-18-15(21)22-16(2,3)4/h5-6,9-10,17H,7-8,11H2,1-4H3,(H,18,21)/b6-5+. The number of alkyl carbamates (subject to hydrolysis) is 1. The average molecular weight is 336 g/mol. The number of hydrogen-bond donors (Lipinski definition) is 2. The lowest BCUT2D eigenvalue weighted by atomic mass is 10.2. The average Bonchev–Trinajstić information content (AvgIpc) is 2.97. The molecule has 126 valence electrons. The van der Waals surface area contributed by atoms with E-state index in [1.807, 2.05) is 51.4 Å². The summed E-state index contributed by atoms with van der Waals surface area (Å²) in [6, 6.07) is 0. The Hall–Kier alpha value is -1.86. The molecule has 0 aliphatic rings. The summed E-state index contributed by atoms with van der Waals surface area (Å²) in [6.45, 7) is 9.49. The molecule has 2 rings (SSSR count). The first-order chi connectivity index (χ1) is 10.9. The fourth-order valence-corrected chi connectivity index (χ4v) is 2.83. The van der Waals surface area contributed by atoms with Crippen molar-refractivity contribution in [3.05, 3.63) is 35.1 Å². The number of imidazole rings is 1. The molecule has 0 aliphatic carbocycles. The van der Waals surface area contributed by atoms with Crippen molar-refractivity contribution in [1.29, 1.82) is 0 Å². The van der Waals surface area contributed by atoms with Crippen LogP contribution in [0.2, 0.25) is 0 Å². The van der Waals surface area contributed by atoms with Gasteiger partial charge < -0.3 is 15.4 Å². The van der Waals surface area contributed by atoms with Crippen molar-refractivity contribution in [3.8, 4) is 0 Å². The number of aryl methyl sites for hydroxylation is 1. The zero-order valence-corrected chi connectivity index (χ0v) is 14.9. The molecule has 6 nitrogen and oxygen atoms in total. The van der Waals surface area contributed by atoms with Gasteiger partial charge in [-0.2, -0.15) is 0 Å². The number of nitrogens with one attached hydrogen (secondary N) is 2. The van der Waals surface area contributed by atoms with Crippen molar-refractivity contribution < 1.29 is 9.53 Å². The van der Waals surface area contributed by atoms with Gasteiger partial charge in [0.1, 0.15) is 5.60 Å². The summed E-state index contributed by atoms with van der Waals surface area (Å²) in [6.07, 6.45) is 5.53. The van der Waals surface area contributed by atoms with E-state index in [-0.39, 0.29) is 0 Å². The third kappa shape index (κ3) is 5.37. The van der Waals surface area contributed by atoms with Gasteiger partial charge in [-0.1, -0.05) is 12.2 Å². The van der Waals surface area contributed by atoms with Gasteiger partial charge in [-0.05, 0) is 27.7 Å². The predicted octanol–water partition coefficient (Wildman–Crippen LogP) is 2.87. The zero-order chi connectivity index (χ0) is 16.9. The van der Waals surface area contributed by atoms with Gasteiger partial charge in [0.15, 0.2) is 4.96 Å². The Bertz CT molecular complexity index is 682. The molecule has 2 N–H and O–H groups in total. The molecule has 0 fully saturated rings. The number of carbonyl (C=O) groups excluding carboxylic acids is 1. The van der Waals surface area contributed by atoms with Crippen molar-refractivity contribution in [3.63, 3.8) is 0 Å². The Labute approximate surface area is 140 Å². The minimum absolute atomic E-state index is 0.398. The molecule has 0 aromatic carbocycles. The van der Waals surface area contributed by atoms with Crippen molar-refractivity contribution in [2.75, 3.05) is 13.1 Å². The van der Waals surface area contributed by atoms with Crippen LogP contribution in [-0.2, 0) is 11.3 Å². The highest BCUT2D eigenvalue weighted by molar-refractivity contribution is 7.15. The first kappa shape index (κ1) is 17.5. The normalized spacial score (nSPS) is 12.2. The molecule has 0 bridgehead atoms. The molecule has 1 amide bonds. The highest BCUT2D eigenvalue weighted by Crippen LogP contribution is 2.16. The van der Waals surface area contributed by atoms with E-state index in [9.17, 15) is 4.79 Å². The van der Waals surface area contributed by atoms with Crippen LogP contribution in [0.1, 0.15) is 32.2 Å². The maximum Gasteiger partial charge on any atom is 0.407 e. The van der Waals surface area contributed by atoms with Crippen LogP contribution in [0.25, 0.3) is 4.96 Å². The predicted molar refractivity (Wildman–Crippen MR) is 92.9 cm³/mol. The van der Waals surface area contributed by atoms with Crippen molar-refractivity contribution in [1.82, 2.24) is 20.0 Å². The maximum absolute atomic E-state index is 11.4. The van der Waals surface area contributed by atoms with Gasteiger partial charge in [0.25, 0.3) is 0 Å². The smallest absolute Gasteiger partial charge is 0.407 e. The number of nitrogens with zero attached hydrogens (tertiary/aromatic N) is 2. The van der Waals surface area contributed by atoms with Gasteiger partial charge >= 0.3 is 6.09 Å². The van der Waals surface area contributed by atoms with Crippen LogP contribution in [0, 0.1) is 6.92 Å². The lowest BCUT2D eigenvalue weighted by Crippen LogP contribution is -2.32. The summed E-state index contributed by atoms with van der Waals surface area (Å²) in [5, 5.41) is 8.07. The maximum atomic E-state index is 11.4. The largest absolute Gasteiger partial charge is 0.444 e. The SMILES string of the molecule is Cc1nc2sccn2c1CNC/C=C/CNC(=O)OC(C)(C)C. The highest BCUT2D eigenvalue weighted by Gasteiger charge is 2.14. The molecule has 0 radical (unpaired) electrons. The van der Waals surface area contributed by atoms with Crippen molar-refractivity contribution >= 4 is 22.4 Å². The summed E-state index contributed by atoms with van der Waals surface area (Å²) in [7, 11) is 0. The molecule has 0 saturated carbocycles. The monoisotopic (exact) mass is 336 g/mol. The number of carbonyl (C=O) groups is 1. The second-order valence-corrected chi connectivity index (χ2v) is 7.06. The van der Waals surface area contributed by atoms with E-state index in [0.29, 0.717) is 6.54 Å². The van der Waals surface area contributed by atoms with E-state index in [0.717, 1.165) is 23.7 Å². The van der Waals surface area contributed by atoms with Gasteiger partial charge in [-0.25, -0.2) is 9.78 Å². The summed E-state index contributed by atoms with van der Waals surface area (Å²) in [5.74, 6) is 0. The molecule has 0 saturated heterocycles. The molecule has 2 aromatic rings. The number of ether oxygens (including phenoxy) is 1. The van der Waals surface area contributed by atoms with E-state index >= 15 is 0 Å². The minimum atomic E-state index is -0.467. The molecule has 7 heteroatoms. The molecule has 2 aromatic heterocycles. The van der Waals surface area contributed by atoms with Gasteiger partial charge in [0, 0.05) is 31.2 Å². The lowest BCUT2D eigenvalue weighted by Gasteiger charge is -2.19. The third-order valence-electron chi connectivity index (χ3n) is 3.05. The van der Waals surface area contributed by atoms with Crippen LogP contribution in [0.15, 0.2) is 23.7 Å². The molecule has 23 heavy (non-hydrogen) atoms. The first-order valence-corrected chi connectivity index (χ1v) is 8.48. The molecule has 0 spiro atoms. The number of rotatable bonds is 6. The summed E-state index contributed by atoms with van der Waals surface area (Å²) < 4.78 is 7.26. The quantitative estimate of drug-likeness (QED) is 0.629. The van der Waals surface area contributed by atoms with Crippen LogP contribution in [0.5, 0.6) is 0 Å². The Morgan fingerprint density at radius 3 is 2.87 bits per heavy atom. The molecule has 0 atom stereocenters. The van der Waals surface area contributed by atoms with Crippen LogP contribution >= 0.6 is 11.3 Å². The molecule has 2 heterocycles. The summed E-state index contributed by atoms with van der Waals surface area (Å²) >= 11 is 1.64. The van der Waals surface area contributed by atoms with Crippen LogP contribution in [0.3, 0.4) is 0 Å². The summed E-state index contributed by atoms with van der Waals surface area (Å²) in [5.41, 5.74) is 1.77. The van der Waals surface area contributed by atoms with Crippen molar-refractivity contribution in [2.24, 2.45) is 0 Å². The first-order valence-electron chi connectivity index (χ1n) is 7.60. The second kappa shape index (κ2) is 7.61. The minimum Gasteiger partial charge on any atom is -0.444 e. The van der Waals surface area contributed by atoms with Crippen LogP contribution in [-0.4, -0.2) is 34.2 Å². The van der Waals surface area contributed by atoms with E-state index in [1.54, 1.807) is 11.3 Å². The van der Waals surface area contributed by atoms with Gasteiger partial charge in [0.05, 0.1) is 11.4 Å². The van der Waals surface area contributed by atoms with Gasteiger partial charge in [0.2, 0.25) is 0 Å².